The highest BCUT2D eigenvalue weighted by Crippen LogP contribution is 2.11. The van der Waals surface area contributed by atoms with Gasteiger partial charge in [0.2, 0.25) is 0 Å². The number of carbonyl (C=O) groups excluding carboxylic acids is 1. The molecule has 1 aliphatic heterocycles. The van der Waals surface area contributed by atoms with Gasteiger partial charge in [-0.1, -0.05) is 0 Å². The van der Waals surface area contributed by atoms with Crippen LogP contribution in [0.2, 0.25) is 0 Å². The fraction of sp³-hybridized carbons (Fsp3) is 0.545. The second kappa shape index (κ2) is 4.67. The Morgan fingerprint density at radius 3 is 2.88 bits per heavy atom. The van der Waals surface area contributed by atoms with Gasteiger partial charge in [0.05, 0.1) is 0 Å². The van der Waals surface area contributed by atoms with Crippen LogP contribution < -0.4 is 10.9 Å². The van der Waals surface area contributed by atoms with Crippen molar-refractivity contribution >= 4 is 5.91 Å². The number of nitrogens with zero attached hydrogens (tertiary/aromatic N) is 2. The molecule has 0 saturated carbocycles. The van der Waals surface area contributed by atoms with Crippen LogP contribution in [0.3, 0.4) is 0 Å². The van der Waals surface area contributed by atoms with Crippen LogP contribution in [0.1, 0.15) is 24.3 Å². The molecule has 1 aliphatic rings. The number of H-pyrrole nitrogens is 1. The van der Waals surface area contributed by atoms with Crippen molar-refractivity contribution in [1.82, 2.24) is 20.4 Å². The number of aromatic amines is 1. The second-order valence-electron chi connectivity index (χ2n) is 4.29. The maximum Gasteiger partial charge on any atom is 0.274 e. The van der Waals surface area contributed by atoms with Gasteiger partial charge in [0, 0.05) is 31.2 Å². The van der Waals surface area contributed by atoms with Gasteiger partial charge in [0.1, 0.15) is 5.69 Å². The Morgan fingerprint density at radius 1 is 1.47 bits per heavy atom. The lowest BCUT2D eigenvalue weighted by Gasteiger charge is -2.38. The van der Waals surface area contributed by atoms with Gasteiger partial charge >= 0.3 is 0 Å². The van der Waals surface area contributed by atoms with Crippen LogP contribution in [-0.2, 0) is 0 Å². The third-order valence-electron chi connectivity index (χ3n) is 3.19. The highest BCUT2D eigenvalue weighted by molar-refractivity contribution is 5.92. The van der Waals surface area contributed by atoms with Crippen molar-refractivity contribution in [3.05, 3.63) is 28.2 Å². The molecular formula is C11H16N4O2. The van der Waals surface area contributed by atoms with E-state index < -0.39 is 0 Å². The second-order valence-corrected chi connectivity index (χ2v) is 4.29. The molecule has 17 heavy (non-hydrogen) atoms. The van der Waals surface area contributed by atoms with Crippen molar-refractivity contribution in [2.75, 3.05) is 13.1 Å². The number of piperazine rings is 1. The van der Waals surface area contributed by atoms with Crippen LogP contribution in [0, 0.1) is 0 Å². The highest BCUT2D eigenvalue weighted by Gasteiger charge is 2.29. The number of carbonyl (C=O) groups is 1. The third kappa shape index (κ3) is 2.36. The summed E-state index contributed by atoms with van der Waals surface area (Å²) in [4.78, 5) is 24.8. The van der Waals surface area contributed by atoms with E-state index in [-0.39, 0.29) is 29.2 Å². The van der Waals surface area contributed by atoms with E-state index >= 15 is 0 Å². The molecule has 1 saturated heterocycles. The molecule has 2 heterocycles. The van der Waals surface area contributed by atoms with Gasteiger partial charge in [0.15, 0.2) is 0 Å². The standard InChI is InChI=1S/C11H16N4O2/c1-7-8(2)15(6-5-12-7)11(17)9-3-4-10(16)14-13-9/h3-4,7-8,12H,5-6H2,1-2H3,(H,14,16). The van der Waals surface area contributed by atoms with Crippen molar-refractivity contribution < 1.29 is 4.79 Å². The van der Waals surface area contributed by atoms with E-state index in [1.165, 1.54) is 12.1 Å². The zero-order valence-electron chi connectivity index (χ0n) is 9.93. The zero-order chi connectivity index (χ0) is 12.4. The first kappa shape index (κ1) is 11.8. The average molecular weight is 236 g/mol. The van der Waals surface area contributed by atoms with Crippen LogP contribution in [-0.4, -0.2) is 46.2 Å². The Kier molecular flexibility index (Phi) is 3.23. The van der Waals surface area contributed by atoms with E-state index in [0.717, 1.165) is 6.54 Å². The molecule has 92 valence electrons. The molecule has 0 spiro atoms. The maximum absolute atomic E-state index is 12.2. The van der Waals surface area contributed by atoms with Crippen LogP contribution in [0.25, 0.3) is 0 Å². The molecule has 1 amide bonds. The number of aromatic nitrogens is 2. The maximum atomic E-state index is 12.2. The molecule has 1 fully saturated rings. The van der Waals surface area contributed by atoms with E-state index in [4.69, 9.17) is 0 Å². The molecule has 1 aromatic heterocycles. The first-order valence-electron chi connectivity index (χ1n) is 5.69. The molecule has 6 heteroatoms. The zero-order valence-corrected chi connectivity index (χ0v) is 9.93. The van der Waals surface area contributed by atoms with Crippen LogP contribution in [0.15, 0.2) is 16.9 Å². The highest BCUT2D eigenvalue weighted by atomic mass is 16.2. The lowest BCUT2D eigenvalue weighted by Crippen LogP contribution is -2.57. The van der Waals surface area contributed by atoms with E-state index in [1.807, 2.05) is 13.8 Å². The van der Waals surface area contributed by atoms with Gasteiger partial charge in [-0.25, -0.2) is 5.10 Å². The Bertz CT molecular complexity index is 450. The molecule has 2 atom stereocenters. The first-order chi connectivity index (χ1) is 8.09. The predicted molar refractivity (Wildman–Crippen MR) is 62.8 cm³/mol. The number of hydrogen-bond acceptors (Lipinski definition) is 4. The van der Waals surface area contributed by atoms with Crippen molar-refractivity contribution in [3.63, 3.8) is 0 Å². The van der Waals surface area contributed by atoms with Gasteiger partial charge in [0.25, 0.3) is 11.5 Å². The SMILES string of the molecule is CC1NCCN(C(=O)c2ccc(=O)[nH]n2)C1C. The minimum absolute atomic E-state index is 0.116. The lowest BCUT2D eigenvalue weighted by molar-refractivity contribution is 0.0595. The summed E-state index contributed by atoms with van der Waals surface area (Å²) in [7, 11) is 0. The monoisotopic (exact) mass is 236 g/mol. The van der Waals surface area contributed by atoms with Gasteiger partial charge in [-0.05, 0) is 19.9 Å². The van der Waals surface area contributed by atoms with Crippen LogP contribution >= 0.6 is 0 Å². The molecule has 0 radical (unpaired) electrons. The molecule has 6 nitrogen and oxygen atoms in total. The Labute approximate surface area is 99.0 Å². The topological polar surface area (TPSA) is 78.1 Å². The summed E-state index contributed by atoms with van der Waals surface area (Å²) in [5, 5.41) is 9.35. The summed E-state index contributed by atoms with van der Waals surface area (Å²) in [6.45, 7) is 5.48. The van der Waals surface area contributed by atoms with E-state index in [1.54, 1.807) is 4.90 Å². The number of nitrogens with one attached hydrogen (secondary N) is 2. The number of rotatable bonds is 1. The summed E-state index contributed by atoms with van der Waals surface area (Å²) in [5.41, 5.74) is -0.0196. The van der Waals surface area contributed by atoms with Crippen molar-refractivity contribution in [1.29, 1.82) is 0 Å². The van der Waals surface area contributed by atoms with E-state index in [2.05, 4.69) is 15.5 Å². The Balaban J connectivity index is 2.19. The summed E-state index contributed by atoms with van der Waals surface area (Å²) < 4.78 is 0. The normalized spacial score (nSPS) is 24.7. The van der Waals surface area contributed by atoms with Gasteiger partial charge in [-0.2, -0.15) is 5.10 Å². The minimum atomic E-state index is -0.303. The summed E-state index contributed by atoms with van der Waals surface area (Å²) >= 11 is 0. The molecule has 2 N–H and O–H groups in total. The van der Waals surface area contributed by atoms with Gasteiger partial charge in [-0.3, -0.25) is 9.59 Å². The lowest BCUT2D eigenvalue weighted by atomic mass is 10.1. The molecule has 0 aliphatic carbocycles. The molecule has 0 bridgehead atoms. The average Bonchev–Trinajstić information content (AvgIpc) is 2.33. The molecular weight excluding hydrogens is 220 g/mol. The fourth-order valence-corrected chi connectivity index (χ4v) is 1.95. The summed E-state index contributed by atoms with van der Waals surface area (Å²) in [6, 6.07) is 3.15. The fourth-order valence-electron chi connectivity index (χ4n) is 1.95. The van der Waals surface area contributed by atoms with Crippen molar-refractivity contribution in [2.24, 2.45) is 0 Å². The molecule has 0 aromatic carbocycles. The van der Waals surface area contributed by atoms with Crippen molar-refractivity contribution in [3.8, 4) is 0 Å². The Morgan fingerprint density at radius 2 is 2.24 bits per heavy atom. The van der Waals surface area contributed by atoms with Gasteiger partial charge in [-0.15, -0.1) is 0 Å². The van der Waals surface area contributed by atoms with Crippen molar-refractivity contribution in [2.45, 2.75) is 25.9 Å². The van der Waals surface area contributed by atoms with E-state index in [9.17, 15) is 9.59 Å². The smallest absolute Gasteiger partial charge is 0.274 e. The Hall–Kier alpha value is -1.69. The van der Waals surface area contributed by atoms with E-state index in [0.29, 0.717) is 6.54 Å². The van der Waals surface area contributed by atoms with Crippen LogP contribution in [0.5, 0.6) is 0 Å². The molecule has 2 rings (SSSR count). The van der Waals surface area contributed by atoms with Crippen LogP contribution in [0.4, 0.5) is 0 Å². The first-order valence-corrected chi connectivity index (χ1v) is 5.69. The molecule has 1 aromatic rings. The predicted octanol–water partition coefficient (Wildman–Crippen LogP) is -0.408. The largest absolute Gasteiger partial charge is 0.332 e. The van der Waals surface area contributed by atoms with Gasteiger partial charge < -0.3 is 10.2 Å². The minimum Gasteiger partial charge on any atom is -0.332 e. The molecule has 2 unspecified atom stereocenters. The summed E-state index contributed by atoms with van der Waals surface area (Å²) in [5.74, 6) is -0.137. The third-order valence-corrected chi connectivity index (χ3v) is 3.19. The summed E-state index contributed by atoms with van der Waals surface area (Å²) in [6.07, 6.45) is 0. The number of hydrogen-bond donors (Lipinski definition) is 2. The quantitative estimate of drug-likeness (QED) is 0.695. The number of amides is 1.